The van der Waals surface area contributed by atoms with Gasteiger partial charge in [0.05, 0.1) is 5.02 Å². The first kappa shape index (κ1) is 16.4. The van der Waals surface area contributed by atoms with E-state index in [0.29, 0.717) is 43.6 Å². The number of halogens is 2. The van der Waals surface area contributed by atoms with E-state index in [4.69, 9.17) is 11.6 Å². The Morgan fingerprint density at radius 2 is 1.96 bits per heavy atom. The van der Waals surface area contributed by atoms with Crippen LogP contribution in [0.25, 0.3) is 0 Å². The number of piperazine rings is 1. The average molecular weight is 350 g/mol. The van der Waals surface area contributed by atoms with Gasteiger partial charge in [-0.2, -0.15) is 4.98 Å². The van der Waals surface area contributed by atoms with Crippen LogP contribution in [0.15, 0.2) is 24.3 Å². The molecule has 0 radical (unpaired) electrons. The lowest BCUT2D eigenvalue weighted by Gasteiger charge is -2.32. The maximum Gasteiger partial charge on any atom is 0.227 e. The number of benzene rings is 1. The number of rotatable bonds is 4. The lowest BCUT2D eigenvalue weighted by molar-refractivity contribution is -0.118. The van der Waals surface area contributed by atoms with E-state index in [9.17, 15) is 9.18 Å². The number of nitrogens with zero attached hydrogens (tertiary/aromatic N) is 4. The quantitative estimate of drug-likeness (QED) is 0.860. The zero-order chi connectivity index (χ0) is 17.1. The molecule has 3 rings (SSSR count). The van der Waals surface area contributed by atoms with Crippen LogP contribution in [0.5, 0.6) is 0 Å². The molecule has 0 atom stereocenters. The smallest absolute Gasteiger partial charge is 0.227 e. The highest BCUT2D eigenvalue weighted by Crippen LogP contribution is 2.23. The fourth-order valence-corrected chi connectivity index (χ4v) is 2.69. The Morgan fingerprint density at radius 1 is 1.21 bits per heavy atom. The van der Waals surface area contributed by atoms with Gasteiger partial charge in [-0.05, 0) is 25.1 Å². The van der Waals surface area contributed by atoms with E-state index >= 15 is 0 Å². The molecule has 0 spiro atoms. The molecular formula is C16H17ClFN5O. The van der Waals surface area contributed by atoms with Crippen molar-refractivity contribution in [1.29, 1.82) is 0 Å². The summed E-state index contributed by atoms with van der Waals surface area (Å²) in [7, 11) is 0. The van der Waals surface area contributed by atoms with Gasteiger partial charge in [-0.3, -0.25) is 4.79 Å². The Hall–Kier alpha value is -2.41. The van der Waals surface area contributed by atoms with Crippen LogP contribution in [0, 0.1) is 12.7 Å². The molecule has 1 aromatic heterocycles. The molecule has 8 heteroatoms. The molecule has 1 saturated heterocycles. The number of carbonyl (C=O) groups is 1. The topological polar surface area (TPSA) is 61.4 Å². The van der Waals surface area contributed by atoms with Crippen molar-refractivity contribution in [3.05, 3.63) is 40.8 Å². The Morgan fingerprint density at radius 3 is 2.62 bits per heavy atom. The van der Waals surface area contributed by atoms with Gasteiger partial charge in [0.1, 0.15) is 11.6 Å². The van der Waals surface area contributed by atoms with Crippen LogP contribution in [-0.2, 0) is 4.79 Å². The van der Waals surface area contributed by atoms with Gasteiger partial charge in [-0.15, -0.1) is 0 Å². The number of carbonyl (C=O) groups excluding carboxylic acids is 1. The largest absolute Gasteiger partial charge is 0.342 e. The summed E-state index contributed by atoms with van der Waals surface area (Å²) in [6, 6.07) is 6.22. The minimum atomic E-state index is -0.463. The standard InChI is InChI=1S/C16H17ClFN5O/c1-11-8-15(20-12-2-3-14(18)13(17)9-12)21-16(19-11)23-6-4-22(10-24)5-7-23/h2-3,8-10H,4-7H2,1H3,(H,19,20,21). The van der Waals surface area contributed by atoms with E-state index in [1.807, 2.05) is 17.9 Å². The number of aromatic nitrogens is 2. The molecule has 2 aromatic rings. The normalized spacial score (nSPS) is 14.6. The third-order valence-corrected chi connectivity index (χ3v) is 4.07. The van der Waals surface area contributed by atoms with E-state index in [0.717, 1.165) is 12.1 Å². The number of amides is 1. The highest BCUT2D eigenvalue weighted by molar-refractivity contribution is 6.31. The number of aryl methyl sites for hydroxylation is 1. The van der Waals surface area contributed by atoms with Crippen LogP contribution < -0.4 is 10.2 Å². The summed E-state index contributed by atoms with van der Waals surface area (Å²) in [6.45, 7) is 4.55. The lowest BCUT2D eigenvalue weighted by Crippen LogP contribution is -2.46. The number of nitrogens with one attached hydrogen (secondary N) is 1. The van der Waals surface area contributed by atoms with Crippen LogP contribution in [0.1, 0.15) is 5.69 Å². The molecule has 2 heterocycles. The molecule has 0 unspecified atom stereocenters. The Balaban J connectivity index is 1.78. The first-order valence-electron chi connectivity index (χ1n) is 7.57. The molecule has 1 fully saturated rings. The number of hydrogen-bond donors (Lipinski definition) is 1. The predicted octanol–water partition coefficient (Wildman–Crippen LogP) is 2.60. The van der Waals surface area contributed by atoms with Crippen molar-refractivity contribution in [3.8, 4) is 0 Å². The van der Waals surface area contributed by atoms with E-state index in [2.05, 4.69) is 15.3 Å². The number of hydrogen-bond acceptors (Lipinski definition) is 5. The van der Waals surface area contributed by atoms with Gasteiger partial charge in [0.15, 0.2) is 0 Å². The van der Waals surface area contributed by atoms with Crippen molar-refractivity contribution < 1.29 is 9.18 Å². The number of anilines is 3. The van der Waals surface area contributed by atoms with Gasteiger partial charge < -0.3 is 15.1 Å². The molecule has 0 aliphatic carbocycles. The van der Waals surface area contributed by atoms with E-state index in [1.54, 1.807) is 11.0 Å². The fourth-order valence-electron chi connectivity index (χ4n) is 2.51. The molecule has 1 aliphatic heterocycles. The molecule has 1 N–H and O–H groups in total. The second-order valence-corrected chi connectivity index (χ2v) is 5.98. The summed E-state index contributed by atoms with van der Waals surface area (Å²) in [5.41, 5.74) is 1.46. The van der Waals surface area contributed by atoms with E-state index in [-0.39, 0.29) is 5.02 Å². The summed E-state index contributed by atoms with van der Waals surface area (Å²) in [4.78, 5) is 23.5. The van der Waals surface area contributed by atoms with Gasteiger partial charge in [0.25, 0.3) is 0 Å². The van der Waals surface area contributed by atoms with Gasteiger partial charge in [0.2, 0.25) is 12.4 Å². The summed E-state index contributed by atoms with van der Waals surface area (Å²) in [6.07, 6.45) is 0.861. The second-order valence-electron chi connectivity index (χ2n) is 5.58. The van der Waals surface area contributed by atoms with Crippen molar-refractivity contribution in [1.82, 2.24) is 14.9 Å². The van der Waals surface area contributed by atoms with Crippen LogP contribution in [-0.4, -0.2) is 47.5 Å². The molecule has 24 heavy (non-hydrogen) atoms. The minimum Gasteiger partial charge on any atom is -0.342 e. The molecule has 1 amide bonds. The summed E-state index contributed by atoms with van der Waals surface area (Å²) in [5, 5.41) is 3.17. The van der Waals surface area contributed by atoms with Crippen LogP contribution in [0.2, 0.25) is 5.02 Å². The average Bonchev–Trinajstić information content (AvgIpc) is 2.58. The first-order chi connectivity index (χ1) is 11.5. The Labute approximate surface area is 144 Å². The zero-order valence-electron chi connectivity index (χ0n) is 13.2. The van der Waals surface area contributed by atoms with Crippen LogP contribution in [0.3, 0.4) is 0 Å². The molecule has 0 saturated carbocycles. The Bertz CT molecular complexity index is 749. The van der Waals surface area contributed by atoms with Crippen molar-refractivity contribution in [3.63, 3.8) is 0 Å². The third kappa shape index (κ3) is 3.73. The van der Waals surface area contributed by atoms with Gasteiger partial charge in [0, 0.05) is 43.6 Å². The maximum absolute atomic E-state index is 13.2. The molecule has 1 aromatic carbocycles. The first-order valence-corrected chi connectivity index (χ1v) is 7.95. The second kappa shape index (κ2) is 7.00. The van der Waals surface area contributed by atoms with Crippen molar-refractivity contribution >= 4 is 35.5 Å². The van der Waals surface area contributed by atoms with Gasteiger partial charge in [-0.1, -0.05) is 11.6 Å². The van der Waals surface area contributed by atoms with E-state index < -0.39 is 5.82 Å². The summed E-state index contributed by atoms with van der Waals surface area (Å²) in [5.74, 6) is 0.754. The molecule has 126 valence electrons. The third-order valence-electron chi connectivity index (χ3n) is 3.78. The van der Waals surface area contributed by atoms with E-state index in [1.165, 1.54) is 12.1 Å². The SMILES string of the molecule is Cc1cc(Nc2ccc(F)c(Cl)c2)nc(N2CCN(C=O)CC2)n1. The maximum atomic E-state index is 13.2. The molecule has 0 bridgehead atoms. The monoisotopic (exact) mass is 349 g/mol. The Kier molecular flexibility index (Phi) is 4.80. The van der Waals surface area contributed by atoms with Crippen LogP contribution >= 0.6 is 11.6 Å². The highest BCUT2D eigenvalue weighted by atomic mass is 35.5. The van der Waals surface area contributed by atoms with Gasteiger partial charge in [-0.25, -0.2) is 9.37 Å². The fraction of sp³-hybridized carbons (Fsp3) is 0.312. The molecular weight excluding hydrogens is 333 g/mol. The summed E-state index contributed by atoms with van der Waals surface area (Å²) >= 11 is 5.80. The van der Waals surface area contributed by atoms with Crippen molar-refractivity contribution in [2.75, 3.05) is 36.4 Å². The lowest BCUT2D eigenvalue weighted by atomic mass is 10.3. The summed E-state index contributed by atoms with van der Waals surface area (Å²) < 4.78 is 13.2. The molecule has 1 aliphatic rings. The zero-order valence-corrected chi connectivity index (χ0v) is 13.9. The molecule has 6 nitrogen and oxygen atoms in total. The van der Waals surface area contributed by atoms with Crippen molar-refractivity contribution in [2.24, 2.45) is 0 Å². The predicted molar refractivity (Wildman–Crippen MR) is 91.3 cm³/mol. The highest BCUT2D eigenvalue weighted by Gasteiger charge is 2.18. The van der Waals surface area contributed by atoms with Crippen LogP contribution in [0.4, 0.5) is 21.8 Å². The minimum absolute atomic E-state index is 0.0518. The van der Waals surface area contributed by atoms with Crippen molar-refractivity contribution in [2.45, 2.75) is 6.92 Å². The van der Waals surface area contributed by atoms with Gasteiger partial charge >= 0.3 is 0 Å².